The van der Waals surface area contributed by atoms with Crippen LogP contribution in [0.2, 0.25) is 0 Å². The van der Waals surface area contributed by atoms with Crippen LogP contribution in [0.3, 0.4) is 0 Å². The van der Waals surface area contributed by atoms with E-state index < -0.39 is 15.4 Å². The van der Waals surface area contributed by atoms with Gasteiger partial charge in [-0.15, -0.1) is 0 Å². The number of aromatic nitrogens is 2. The smallest absolute Gasteiger partial charge is 0.229 e. The molecule has 3 rings (SSSR count). The van der Waals surface area contributed by atoms with Crippen molar-refractivity contribution in [3.05, 3.63) is 30.2 Å². The van der Waals surface area contributed by atoms with E-state index in [2.05, 4.69) is 10.1 Å². The van der Waals surface area contributed by atoms with Gasteiger partial charge in [-0.1, -0.05) is 18.0 Å². The Morgan fingerprint density at radius 2 is 1.86 bits per heavy atom. The normalized spacial score (nSPS) is 17.7. The summed E-state index contributed by atoms with van der Waals surface area (Å²) in [6.45, 7) is 0. The minimum absolute atomic E-state index is 0.250. The maximum absolute atomic E-state index is 11.4. The number of hydrogen-bond acceptors (Lipinski definition) is 6. The maximum atomic E-state index is 11.4. The fourth-order valence-electron chi connectivity index (χ4n) is 2.79. The number of hydrogen-bond donors (Lipinski definition) is 1. The summed E-state index contributed by atoms with van der Waals surface area (Å²) in [6, 6.07) is 6.33. The Morgan fingerprint density at radius 3 is 2.45 bits per heavy atom. The Balaban J connectivity index is 1.79. The third kappa shape index (κ3) is 3.20. The van der Waals surface area contributed by atoms with Crippen molar-refractivity contribution < 1.29 is 18.0 Å². The lowest BCUT2D eigenvalue weighted by atomic mass is 9.98. The molecule has 7 heteroatoms. The number of sulfone groups is 1. The van der Waals surface area contributed by atoms with Gasteiger partial charge in [0.2, 0.25) is 11.7 Å². The number of rotatable bonds is 4. The van der Waals surface area contributed by atoms with Crippen LogP contribution < -0.4 is 0 Å². The van der Waals surface area contributed by atoms with Crippen molar-refractivity contribution in [1.29, 1.82) is 0 Å². The summed E-state index contributed by atoms with van der Waals surface area (Å²) in [5.41, 5.74) is -0.0509. The molecule has 22 heavy (non-hydrogen) atoms. The Kier molecular flexibility index (Phi) is 3.78. The van der Waals surface area contributed by atoms with Gasteiger partial charge in [-0.05, 0) is 37.1 Å². The molecule has 1 aliphatic carbocycles. The van der Waals surface area contributed by atoms with E-state index >= 15 is 0 Å². The van der Waals surface area contributed by atoms with Crippen molar-refractivity contribution in [2.75, 3.05) is 6.26 Å². The molecule has 0 unspecified atom stereocenters. The van der Waals surface area contributed by atoms with E-state index in [1.54, 1.807) is 12.1 Å². The summed E-state index contributed by atoms with van der Waals surface area (Å²) >= 11 is 0. The molecule has 1 heterocycles. The zero-order chi connectivity index (χ0) is 15.8. The molecule has 0 bridgehead atoms. The molecule has 0 atom stereocenters. The summed E-state index contributed by atoms with van der Waals surface area (Å²) in [6.07, 6.45) is 5.08. The molecule has 0 radical (unpaired) electrons. The first-order chi connectivity index (χ1) is 10.4. The van der Waals surface area contributed by atoms with Crippen molar-refractivity contribution in [3.63, 3.8) is 0 Å². The predicted octanol–water partition coefficient (Wildman–Crippen LogP) is 1.99. The van der Waals surface area contributed by atoms with E-state index in [0.717, 1.165) is 31.9 Å². The van der Waals surface area contributed by atoms with Crippen LogP contribution in [0.5, 0.6) is 0 Å². The van der Waals surface area contributed by atoms with Gasteiger partial charge in [-0.25, -0.2) is 8.42 Å². The molecule has 1 aromatic carbocycles. The molecule has 6 nitrogen and oxygen atoms in total. The van der Waals surface area contributed by atoms with Crippen molar-refractivity contribution in [2.45, 2.75) is 42.6 Å². The first kappa shape index (κ1) is 15.2. The maximum Gasteiger partial charge on any atom is 0.229 e. The minimum Gasteiger partial charge on any atom is -0.389 e. The fourth-order valence-corrected chi connectivity index (χ4v) is 3.42. The molecule has 1 aliphatic rings. The van der Waals surface area contributed by atoms with E-state index in [0.29, 0.717) is 23.7 Å². The third-order valence-corrected chi connectivity index (χ3v) is 5.15. The van der Waals surface area contributed by atoms with Gasteiger partial charge in [0.25, 0.3) is 0 Å². The first-order valence-electron chi connectivity index (χ1n) is 7.21. The van der Waals surface area contributed by atoms with Crippen LogP contribution in [-0.4, -0.2) is 35.5 Å². The molecule has 0 aliphatic heterocycles. The molecule has 1 fully saturated rings. The lowest BCUT2D eigenvalue weighted by molar-refractivity contribution is 0.0402. The van der Waals surface area contributed by atoms with E-state index in [4.69, 9.17) is 4.52 Å². The Hall–Kier alpha value is -1.73. The second-order valence-electron chi connectivity index (χ2n) is 5.92. The highest BCUT2D eigenvalue weighted by Crippen LogP contribution is 2.32. The van der Waals surface area contributed by atoms with Crippen LogP contribution >= 0.6 is 0 Å². The van der Waals surface area contributed by atoms with Crippen LogP contribution in [-0.2, 0) is 16.3 Å². The van der Waals surface area contributed by atoms with Gasteiger partial charge in [0.15, 0.2) is 9.84 Å². The van der Waals surface area contributed by atoms with Crippen LogP contribution in [0.1, 0.15) is 31.6 Å². The summed E-state index contributed by atoms with van der Waals surface area (Å²) < 4.78 is 28.1. The molecule has 118 valence electrons. The van der Waals surface area contributed by atoms with E-state index in [1.807, 2.05) is 0 Å². The molecule has 1 aromatic heterocycles. The second kappa shape index (κ2) is 5.48. The number of benzene rings is 1. The minimum atomic E-state index is -3.22. The highest BCUT2D eigenvalue weighted by molar-refractivity contribution is 7.90. The molecule has 2 aromatic rings. The van der Waals surface area contributed by atoms with Gasteiger partial charge < -0.3 is 9.63 Å². The zero-order valence-corrected chi connectivity index (χ0v) is 13.1. The lowest BCUT2D eigenvalue weighted by Crippen LogP contribution is -2.27. The van der Waals surface area contributed by atoms with Gasteiger partial charge >= 0.3 is 0 Å². The van der Waals surface area contributed by atoms with Gasteiger partial charge in [-0.2, -0.15) is 4.98 Å². The lowest BCUT2D eigenvalue weighted by Gasteiger charge is -2.18. The quantitative estimate of drug-likeness (QED) is 0.925. The predicted molar refractivity (Wildman–Crippen MR) is 80.0 cm³/mol. The SMILES string of the molecule is CS(=O)(=O)c1ccc(-c2noc(CC3(O)CCCC3)n2)cc1. The molecular formula is C15H18N2O4S. The molecule has 1 saturated carbocycles. The standard InChI is InChI=1S/C15H18N2O4S/c1-22(19,20)12-6-4-11(5-7-12)14-16-13(21-17-14)10-15(18)8-2-3-9-15/h4-7,18H,2-3,8-10H2,1H3. The van der Waals surface area contributed by atoms with Crippen molar-refractivity contribution in [3.8, 4) is 11.4 Å². The second-order valence-corrected chi connectivity index (χ2v) is 7.93. The molecule has 0 spiro atoms. The Bertz CT molecular complexity index is 759. The van der Waals surface area contributed by atoms with Crippen LogP contribution in [0.25, 0.3) is 11.4 Å². The Labute approximate surface area is 129 Å². The van der Waals surface area contributed by atoms with Crippen molar-refractivity contribution in [2.24, 2.45) is 0 Å². The van der Waals surface area contributed by atoms with Gasteiger partial charge in [0.1, 0.15) is 0 Å². The molecular weight excluding hydrogens is 304 g/mol. The largest absolute Gasteiger partial charge is 0.389 e. The monoisotopic (exact) mass is 322 g/mol. The topological polar surface area (TPSA) is 93.3 Å². The van der Waals surface area contributed by atoms with Crippen LogP contribution in [0.4, 0.5) is 0 Å². The van der Waals surface area contributed by atoms with E-state index in [9.17, 15) is 13.5 Å². The van der Waals surface area contributed by atoms with E-state index in [-0.39, 0.29) is 4.90 Å². The van der Waals surface area contributed by atoms with E-state index in [1.165, 1.54) is 12.1 Å². The zero-order valence-electron chi connectivity index (χ0n) is 12.3. The number of nitrogens with zero attached hydrogens (tertiary/aromatic N) is 2. The summed E-state index contributed by atoms with van der Waals surface area (Å²) in [5, 5.41) is 14.3. The van der Waals surface area contributed by atoms with Crippen LogP contribution in [0, 0.1) is 0 Å². The average Bonchev–Trinajstić information content (AvgIpc) is 3.08. The van der Waals surface area contributed by atoms with Gasteiger partial charge in [-0.3, -0.25) is 0 Å². The van der Waals surface area contributed by atoms with Crippen molar-refractivity contribution >= 4 is 9.84 Å². The van der Waals surface area contributed by atoms with Crippen molar-refractivity contribution in [1.82, 2.24) is 10.1 Å². The fraction of sp³-hybridized carbons (Fsp3) is 0.467. The van der Waals surface area contributed by atoms with Crippen LogP contribution in [0.15, 0.2) is 33.7 Å². The summed E-state index contributed by atoms with van der Waals surface area (Å²) in [7, 11) is -3.22. The third-order valence-electron chi connectivity index (χ3n) is 4.02. The highest BCUT2D eigenvalue weighted by Gasteiger charge is 2.33. The summed E-state index contributed by atoms with van der Waals surface area (Å²) in [4.78, 5) is 4.54. The van der Waals surface area contributed by atoms with Gasteiger partial charge in [0.05, 0.1) is 16.9 Å². The number of aliphatic hydroxyl groups is 1. The first-order valence-corrected chi connectivity index (χ1v) is 9.10. The molecule has 0 amide bonds. The molecule has 0 saturated heterocycles. The van der Waals surface area contributed by atoms with Gasteiger partial charge in [0, 0.05) is 11.8 Å². The highest BCUT2D eigenvalue weighted by atomic mass is 32.2. The molecule has 1 N–H and O–H groups in total. The summed E-state index contributed by atoms with van der Waals surface area (Å²) in [5.74, 6) is 0.809. The Morgan fingerprint density at radius 1 is 1.23 bits per heavy atom. The average molecular weight is 322 g/mol.